The van der Waals surface area contributed by atoms with Crippen LogP contribution in [0.4, 0.5) is 16.2 Å². The second kappa shape index (κ2) is 6.06. The number of nitrogens with one attached hydrogen (secondary N) is 1. The zero-order chi connectivity index (χ0) is 13.8. The van der Waals surface area contributed by atoms with Crippen molar-refractivity contribution in [2.75, 3.05) is 29.2 Å². The van der Waals surface area contributed by atoms with Gasteiger partial charge in [0.25, 0.3) is 0 Å². The van der Waals surface area contributed by atoms with Crippen LogP contribution in [-0.2, 0) is 9.53 Å². The molecule has 5 nitrogen and oxygen atoms in total. The summed E-state index contributed by atoms with van der Waals surface area (Å²) in [4.78, 5) is 24.8. The first-order chi connectivity index (χ1) is 9.13. The second-order valence-corrected chi connectivity index (χ2v) is 5.04. The lowest BCUT2D eigenvalue weighted by Gasteiger charge is -2.17. The zero-order valence-electron chi connectivity index (χ0n) is 10.6. The SMILES string of the molecule is COC(=O)Nc1cccc(N2CC(CBr)CC2=O)c1. The van der Waals surface area contributed by atoms with E-state index in [1.54, 1.807) is 23.1 Å². The maximum Gasteiger partial charge on any atom is 0.411 e. The smallest absolute Gasteiger partial charge is 0.411 e. The number of hydrogen-bond acceptors (Lipinski definition) is 3. The van der Waals surface area contributed by atoms with E-state index < -0.39 is 6.09 Å². The van der Waals surface area contributed by atoms with Gasteiger partial charge in [-0.15, -0.1) is 0 Å². The predicted molar refractivity (Wildman–Crippen MR) is 76.7 cm³/mol. The van der Waals surface area contributed by atoms with Crippen LogP contribution in [0.2, 0.25) is 0 Å². The van der Waals surface area contributed by atoms with Gasteiger partial charge in [0, 0.05) is 29.7 Å². The summed E-state index contributed by atoms with van der Waals surface area (Å²) in [7, 11) is 1.31. The molecule has 19 heavy (non-hydrogen) atoms. The number of ether oxygens (including phenoxy) is 1. The van der Waals surface area contributed by atoms with Gasteiger partial charge >= 0.3 is 6.09 Å². The van der Waals surface area contributed by atoms with Crippen molar-refractivity contribution in [3.05, 3.63) is 24.3 Å². The summed E-state index contributed by atoms with van der Waals surface area (Å²) in [6.45, 7) is 0.700. The Kier molecular flexibility index (Phi) is 4.42. The van der Waals surface area contributed by atoms with Crippen LogP contribution >= 0.6 is 15.9 Å². The summed E-state index contributed by atoms with van der Waals surface area (Å²) in [5.74, 6) is 0.449. The van der Waals surface area contributed by atoms with Crippen molar-refractivity contribution in [3.63, 3.8) is 0 Å². The van der Waals surface area contributed by atoms with Crippen molar-refractivity contribution in [2.45, 2.75) is 6.42 Å². The van der Waals surface area contributed by atoms with Crippen LogP contribution in [0.3, 0.4) is 0 Å². The van der Waals surface area contributed by atoms with Crippen molar-refractivity contribution in [3.8, 4) is 0 Å². The Balaban J connectivity index is 2.15. The second-order valence-electron chi connectivity index (χ2n) is 4.40. The van der Waals surface area contributed by atoms with Gasteiger partial charge in [-0.25, -0.2) is 4.79 Å². The lowest BCUT2D eigenvalue weighted by atomic mass is 10.2. The monoisotopic (exact) mass is 326 g/mol. The lowest BCUT2D eigenvalue weighted by Crippen LogP contribution is -2.24. The number of nitrogens with zero attached hydrogens (tertiary/aromatic N) is 1. The maximum absolute atomic E-state index is 11.9. The van der Waals surface area contributed by atoms with Gasteiger partial charge in [-0.05, 0) is 24.1 Å². The molecule has 0 radical (unpaired) electrons. The molecule has 1 aliphatic rings. The van der Waals surface area contributed by atoms with E-state index in [-0.39, 0.29) is 5.91 Å². The third-order valence-corrected chi connectivity index (χ3v) is 3.93. The predicted octanol–water partition coefficient (Wildman–Crippen LogP) is 2.61. The minimum absolute atomic E-state index is 0.111. The summed E-state index contributed by atoms with van der Waals surface area (Å²) in [6.07, 6.45) is 0.0307. The highest BCUT2D eigenvalue weighted by Crippen LogP contribution is 2.27. The van der Waals surface area contributed by atoms with Gasteiger partial charge in [-0.1, -0.05) is 22.0 Å². The number of hydrogen-bond donors (Lipinski definition) is 1. The third-order valence-electron chi connectivity index (χ3n) is 3.01. The number of carbonyl (C=O) groups excluding carboxylic acids is 2. The van der Waals surface area contributed by atoms with Crippen LogP contribution in [0.5, 0.6) is 0 Å². The fraction of sp³-hybridized carbons (Fsp3) is 0.385. The molecule has 0 aromatic heterocycles. The van der Waals surface area contributed by atoms with E-state index in [2.05, 4.69) is 26.0 Å². The van der Waals surface area contributed by atoms with Gasteiger partial charge in [0.05, 0.1) is 7.11 Å². The van der Waals surface area contributed by atoms with E-state index in [9.17, 15) is 9.59 Å². The first-order valence-electron chi connectivity index (χ1n) is 5.95. The zero-order valence-corrected chi connectivity index (χ0v) is 12.1. The van der Waals surface area contributed by atoms with Crippen molar-refractivity contribution >= 4 is 39.3 Å². The van der Waals surface area contributed by atoms with E-state index in [1.165, 1.54) is 7.11 Å². The highest BCUT2D eigenvalue weighted by atomic mass is 79.9. The molecule has 1 atom stereocenters. The Labute approximate surface area is 120 Å². The van der Waals surface area contributed by atoms with Crippen molar-refractivity contribution in [1.82, 2.24) is 0 Å². The van der Waals surface area contributed by atoms with Crippen molar-refractivity contribution in [2.24, 2.45) is 5.92 Å². The first-order valence-corrected chi connectivity index (χ1v) is 7.07. The molecule has 1 heterocycles. The molecule has 0 aliphatic carbocycles. The van der Waals surface area contributed by atoms with Crippen LogP contribution < -0.4 is 10.2 Å². The fourth-order valence-electron chi connectivity index (χ4n) is 2.05. The highest BCUT2D eigenvalue weighted by Gasteiger charge is 2.29. The highest BCUT2D eigenvalue weighted by molar-refractivity contribution is 9.09. The van der Waals surface area contributed by atoms with E-state index in [4.69, 9.17) is 0 Å². The molecule has 1 aromatic carbocycles. The summed E-state index contributed by atoms with van der Waals surface area (Å²) in [5, 5.41) is 3.40. The molecule has 2 amide bonds. The Morgan fingerprint density at radius 1 is 1.58 bits per heavy atom. The van der Waals surface area contributed by atoms with Gasteiger partial charge in [-0.2, -0.15) is 0 Å². The first kappa shape index (κ1) is 13.9. The van der Waals surface area contributed by atoms with E-state index in [0.29, 0.717) is 24.6 Å². The van der Waals surface area contributed by atoms with Crippen LogP contribution in [0.15, 0.2) is 24.3 Å². The van der Waals surface area contributed by atoms with Crippen molar-refractivity contribution < 1.29 is 14.3 Å². The summed E-state index contributed by atoms with van der Waals surface area (Å²) < 4.78 is 4.54. The average Bonchev–Trinajstić information content (AvgIpc) is 2.80. The normalized spacial score (nSPS) is 18.5. The summed E-state index contributed by atoms with van der Waals surface area (Å²) in [5.41, 5.74) is 1.40. The van der Waals surface area contributed by atoms with Crippen LogP contribution in [-0.4, -0.2) is 31.0 Å². The van der Waals surface area contributed by atoms with Crippen LogP contribution in [0.25, 0.3) is 0 Å². The summed E-state index contributed by atoms with van der Waals surface area (Å²) in [6, 6.07) is 7.18. The number of methoxy groups -OCH3 is 1. The Bertz CT molecular complexity index is 493. The summed E-state index contributed by atoms with van der Waals surface area (Å²) >= 11 is 3.41. The molecule has 1 fully saturated rings. The molecular formula is C13H15BrN2O3. The molecule has 1 unspecified atom stereocenters. The fourth-order valence-corrected chi connectivity index (χ4v) is 2.49. The topological polar surface area (TPSA) is 58.6 Å². The number of carbonyl (C=O) groups is 2. The van der Waals surface area contributed by atoms with Gasteiger partial charge < -0.3 is 9.64 Å². The standard InChI is InChI=1S/C13H15BrN2O3/c1-19-13(18)15-10-3-2-4-11(6-10)16-8-9(7-14)5-12(16)17/h2-4,6,9H,5,7-8H2,1H3,(H,15,18). The minimum Gasteiger partial charge on any atom is -0.453 e. The van der Waals surface area contributed by atoms with Gasteiger partial charge in [0.1, 0.15) is 0 Å². The van der Waals surface area contributed by atoms with Crippen LogP contribution in [0, 0.1) is 5.92 Å². The van der Waals surface area contributed by atoms with Crippen LogP contribution in [0.1, 0.15) is 6.42 Å². The van der Waals surface area contributed by atoms with Gasteiger partial charge in [-0.3, -0.25) is 10.1 Å². The van der Waals surface area contributed by atoms with E-state index in [0.717, 1.165) is 11.0 Å². The number of benzene rings is 1. The maximum atomic E-state index is 11.9. The Morgan fingerprint density at radius 2 is 2.37 bits per heavy atom. The quantitative estimate of drug-likeness (QED) is 0.868. The van der Waals surface area contributed by atoms with E-state index >= 15 is 0 Å². The molecule has 1 aliphatic heterocycles. The number of alkyl halides is 1. The Morgan fingerprint density at radius 3 is 3.00 bits per heavy atom. The molecule has 0 spiro atoms. The molecule has 1 saturated heterocycles. The molecular weight excluding hydrogens is 312 g/mol. The molecule has 1 aromatic rings. The van der Waals surface area contributed by atoms with Gasteiger partial charge in [0.15, 0.2) is 0 Å². The number of amides is 2. The molecule has 0 bridgehead atoms. The van der Waals surface area contributed by atoms with Gasteiger partial charge in [0.2, 0.25) is 5.91 Å². The molecule has 6 heteroatoms. The van der Waals surface area contributed by atoms with E-state index in [1.807, 2.05) is 6.07 Å². The number of halogens is 1. The molecule has 102 valence electrons. The third kappa shape index (κ3) is 3.26. The lowest BCUT2D eigenvalue weighted by molar-refractivity contribution is -0.117. The molecule has 1 N–H and O–H groups in total. The van der Waals surface area contributed by atoms with Crippen molar-refractivity contribution in [1.29, 1.82) is 0 Å². The largest absolute Gasteiger partial charge is 0.453 e. The number of anilines is 2. The average molecular weight is 327 g/mol. The molecule has 2 rings (SSSR count). The minimum atomic E-state index is -0.525. The Hall–Kier alpha value is -1.56. The molecule has 0 saturated carbocycles. The number of rotatable bonds is 3.